The van der Waals surface area contributed by atoms with E-state index in [4.69, 9.17) is 16.6 Å². The molecule has 0 aliphatic carbocycles. The van der Waals surface area contributed by atoms with E-state index < -0.39 is 17.3 Å². The molecular weight excluding hydrogens is 284 g/mol. The third kappa shape index (κ3) is 10.3. The smallest absolute Gasteiger partial charge is 0.323 e. The summed E-state index contributed by atoms with van der Waals surface area (Å²) in [5.74, 6) is -1.20. The summed E-state index contributed by atoms with van der Waals surface area (Å²) in [7, 11) is 0. The van der Waals surface area contributed by atoms with Gasteiger partial charge in [-0.15, -0.1) is 24.8 Å². The van der Waals surface area contributed by atoms with Crippen molar-refractivity contribution < 1.29 is 14.3 Å². The van der Waals surface area contributed by atoms with Crippen LogP contribution in [-0.4, -0.2) is 29.0 Å². The number of nitrogens with two attached hydrogens (primary N) is 2. The summed E-state index contributed by atoms with van der Waals surface area (Å²) >= 11 is 0. The van der Waals surface area contributed by atoms with Crippen molar-refractivity contribution in [1.29, 1.82) is 0 Å². The van der Waals surface area contributed by atoms with Gasteiger partial charge in [0, 0.05) is 13.0 Å². The molecule has 0 spiro atoms. The predicted molar refractivity (Wildman–Crippen MR) is 75.3 cm³/mol. The summed E-state index contributed by atoms with van der Waals surface area (Å²) < 4.78 is 13.1. The summed E-state index contributed by atoms with van der Waals surface area (Å²) in [6.45, 7) is 3.20. The quantitative estimate of drug-likeness (QED) is 0.513. The van der Waals surface area contributed by atoms with Crippen LogP contribution in [0.5, 0.6) is 0 Å². The Morgan fingerprint density at radius 1 is 1.50 bits per heavy atom. The molecule has 0 heterocycles. The van der Waals surface area contributed by atoms with Gasteiger partial charge in [-0.2, -0.15) is 0 Å². The molecule has 0 amide bonds. The first-order valence-electron chi connectivity index (χ1n) is 4.89. The van der Waals surface area contributed by atoms with Gasteiger partial charge in [0.15, 0.2) is 0 Å². The van der Waals surface area contributed by atoms with E-state index in [0.717, 1.165) is 0 Å². The molecule has 0 aliphatic rings. The molecule has 5 N–H and O–H groups in total. The van der Waals surface area contributed by atoms with Crippen molar-refractivity contribution in [2.24, 2.45) is 16.5 Å². The van der Waals surface area contributed by atoms with Crippen molar-refractivity contribution in [3.8, 4) is 0 Å². The largest absolute Gasteiger partial charge is 0.480 e. The molecule has 108 valence electrons. The Hall–Kier alpha value is -0.850. The van der Waals surface area contributed by atoms with Gasteiger partial charge in [0.05, 0.1) is 11.7 Å². The van der Waals surface area contributed by atoms with Crippen LogP contribution in [-0.2, 0) is 4.79 Å². The normalized spacial score (nSPS) is 15.1. The third-order valence-electron chi connectivity index (χ3n) is 1.95. The molecule has 0 bridgehead atoms. The molecule has 0 rings (SSSR count). The highest BCUT2D eigenvalue weighted by molar-refractivity contribution is 5.85. The summed E-state index contributed by atoms with van der Waals surface area (Å²) in [6.07, 6.45) is 1.22. The van der Waals surface area contributed by atoms with Gasteiger partial charge in [-0.3, -0.25) is 9.79 Å². The molecule has 5 nitrogen and oxygen atoms in total. The Bertz CT molecular complexity index is 316. The van der Waals surface area contributed by atoms with Crippen LogP contribution in [0.2, 0.25) is 0 Å². The number of amidine groups is 1. The molecule has 0 saturated heterocycles. The molecule has 0 fully saturated rings. The molecule has 0 aromatic carbocycles. The Labute approximate surface area is 118 Å². The fourth-order valence-corrected chi connectivity index (χ4v) is 0.851. The first-order valence-corrected chi connectivity index (χ1v) is 4.89. The zero-order valence-electron chi connectivity index (χ0n) is 10.4. The highest BCUT2D eigenvalue weighted by Gasteiger charge is 2.26. The lowest BCUT2D eigenvalue weighted by atomic mass is 9.99. The number of nitrogens with zero attached hydrogens (tertiary/aromatic N) is 1. The maximum absolute atomic E-state index is 13.1. The van der Waals surface area contributed by atoms with Crippen molar-refractivity contribution in [2.75, 3.05) is 6.54 Å². The van der Waals surface area contributed by atoms with Crippen LogP contribution in [0.3, 0.4) is 0 Å². The van der Waals surface area contributed by atoms with E-state index >= 15 is 0 Å². The van der Waals surface area contributed by atoms with Gasteiger partial charge >= 0.3 is 5.97 Å². The molecule has 1 atom stereocenters. The fraction of sp³-hybridized carbons (Fsp3) is 0.600. The highest BCUT2D eigenvalue weighted by Crippen LogP contribution is 2.11. The molecule has 18 heavy (non-hydrogen) atoms. The van der Waals surface area contributed by atoms with Crippen molar-refractivity contribution in [1.82, 2.24) is 0 Å². The molecule has 0 radical (unpaired) electrons. The van der Waals surface area contributed by atoms with Crippen LogP contribution >= 0.6 is 24.8 Å². The highest BCUT2D eigenvalue weighted by atomic mass is 35.5. The van der Waals surface area contributed by atoms with E-state index in [1.54, 1.807) is 6.92 Å². The second-order valence-corrected chi connectivity index (χ2v) is 3.85. The Morgan fingerprint density at radius 2 is 2.00 bits per heavy atom. The number of carboxylic acids is 1. The summed E-state index contributed by atoms with van der Waals surface area (Å²) in [5.41, 5.74) is 9.26. The second-order valence-electron chi connectivity index (χ2n) is 3.85. The van der Waals surface area contributed by atoms with Gasteiger partial charge < -0.3 is 16.6 Å². The average molecular weight is 304 g/mol. The first kappa shape index (κ1) is 22.3. The van der Waals surface area contributed by atoms with Crippen LogP contribution in [0.1, 0.15) is 26.7 Å². The second kappa shape index (κ2) is 10.1. The van der Waals surface area contributed by atoms with Crippen LogP contribution in [0.25, 0.3) is 0 Å². The average Bonchev–Trinajstić information content (AvgIpc) is 2.14. The molecule has 0 aromatic heterocycles. The monoisotopic (exact) mass is 303 g/mol. The predicted octanol–water partition coefficient (Wildman–Crippen LogP) is 1.64. The third-order valence-corrected chi connectivity index (χ3v) is 1.95. The Balaban J connectivity index is -0.00000112. The SMILES string of the molecule is CC(N)=NCC/C(F)=C\C[C@](C)(N)C(=O)O.Cl.Cl. The summed E-state index contributed by atoms with van der Waals surface area (Å²) in [4.78, 5) is 14.4. The standard InChI is InChI=1S/C10H18FN3O2.2ClH/c1-7(12)14-6-4-8(11)3-5-10(2,13)9(15)16;;/h3H,4-6,13H2,1-2H3,(H2,12,14)(H,15,16);2*1H/b8-3+;;/t10-;;/m0../s1. The number of aliphatic carboxylic acids is 1. The number of aliphatic imine (C=N–C) groups is 1. The van der Waals surface area contributed by atoms with E-state index in [-0.39, 0.29) is 44.2 Å². The van der Waals surface area contributed by atoms with E-state index in [0.29, 0.717) is 5.84 Å². The zero-order valence-corrected chi connectivity index (χ0v) is 12.0. The lowest BCUT2D eigenvalue weighted by molar-refractivity contribution is -0.142. The van der Waals surface area contributed by atoms with Gasteiger partial charge in [0.2, 0.25) is 0 Å². The van der Waals surface area contributed by atoms with Crippen LogP contribution in [0.15, 0.2) is 16.9 Å². The van der Waals surface area contributed by atoms with E-state index in [1.165, 1.54) is 13.0 Å². The van der Waals surface area contributed by atoms with Gasteiger partial charge in [0.1, 0.15) is 5.54 Å². The minimum absolute atomic E-state index is 0. The van der Waals surface area contributed by atoms with Crippen molar-refractivity contribution in [3.63, 3.8) is 0 Å². The number of carboxylic acid groups (broad SMARTS) is 1. The maximum atomic E-state index is 13.1. The van der Waals surface area contributed by atoms with Crippen molar-refractivity contribution >= 4 is 36.6 Å². The molecule has 0 aromatic rings. The van der Waals surface area contributed by atoms with Crippen molar-refractivity contribution in [3.05, 3.63) is 11.9 Å². The van der Waals surface area contributed by atoms with Gasteiger partial charge in [0.25, 0.3) is 0 Å². The number of halogens is 3. The Kier molecular flexibility index (Phi) is 12.5. The lowest BCUT2D eigenvalue weighted by Gasteiger charge is -2.16. The minimum Gasteiger partial charge on any atom is -0.480 e. The molecule has 8 heteroatoms. The molecule has 0 aliphatic heterocycles. The van der Waals surface area contributed by atoms with E-state index in [9.17, 15) is 9.18 Å². The Morgan fingerprint density at radius 3 is 2.39 bits per heavy atom. The number of rotatable bonds is 6. The maximum Gasteiger partial charge on any atom is 0.323 e. The summed E-state index contributed by atoms with van der Waals surface area (Å²) in [5, 5.41) is 8.69. The molecule has 0 unspecified atom stereocenters. The number of hydrogen-bond acceptors (Lipinski definition) is 3. The fourth-order valence-electron chi connectivity index (χ4n) is 0.851. The molecule has 0 saturated carbocycles. The molecular formula is C10H20Cl2FN3O2. The van der Waals surface area contributed by atoms with Gasteiger partial charge in [-0.25, -0.2) is 4.39 Å². The number of hydrogen-bond donors (Lipinski definition) is 3. The van der Waals surface area contributed by atoms with Gasteiger partial charge in [-0.1, -0.05) is 6.08 Å². The number of carbonyl (C=O) groups is 1. The summed E-state index contributed by atoms with van der Waals surface area (Å²) in [6, 6.07) is 0. The topological polar surface area (TPSA) is 102 Å². The van der Waals surface area contributed by atoms with Crippen LogP contribution in [0, 0.1) is 0 Å². The lowest BCUT2D eigenvalue weighted by Crippen LogP contribution is -2.44. The van der Waals surface area contributed by atoms with Gasteiger partial charge in [-0.05, 0) is 20.3 Å². The minimum atomic E-state index is -1.44. The van der Waals surface area contributed by atoms with Crippen LogP contribution in [0.4, 0.5) is 4.39 Å². The van der Waals surface area contributed by atoms with E-state index in [1.807, 2.05) is 0 Å². The zero-order chi connectivity index (χ0) is 12.8. The van der Waals surface area contributed by atoms with Crippen LogP contribution < -0.4 is 11.5 Å². The van der Waals surface area contributed by atoms with Crippen molar-refractivity contribution in [2.45, 2.75) is 32.2 Å². The van der Waals surface area contributed by atoms with E-state index in [2.05, 4.69) is 4.99 Å². The first-order chi connectivity index (χ1) is 7.25.